The standard InChI is InChI=1S/C11H16ClNOS/c1-9-7-15-8-10(9)11(14)13-6-4-2-3-5-12/h7-8H,2-6H2,1H3,(H,13,14). The zero-order chi connectivity index (χ0) is 11.1. The Morgan fingerprint density at radius 2 is 2.20 bits per heavy atom. The number of amides is 1. The molecule has 0 radical (unpaired) electrons. The fourth-order valence-electron chi connectivity index (χ4n) is 1.29. The number of carbonyl (C=O) groups excluding carboxylic acids is 1. The molecule has 0 aromatic carbocycles. The number of hydrogen-bond acceptors (Lipinski definition) is 2. The number of thiophene rings is 1. The average molecular weight is 246 g/mol. The lowest BCUT2D eigenvalue weighted by Gasteiger charge is -2.03. The summed E-state index contributed by atoms with van der Waals surface area (Å²) in [4.78, 5) is 11.6. The summed E-state index contributed by atoms with van der Waals surface area (Å²) in [5.74, 6) is 0.747. The van der Waals surface area contributed by atoms with Gasteiger partial charge in [-0.2, -0.15) is 11.3 Å². The molecule has 84 valence electrons. The first-order chi connectivity index (χ1) is 7.25. The van der Waals surface area contributed by atoms with Gasteiger partial charge in [-0.3, -0.25) is 4.79 Å². The molecule has 4 heteroatoms. The fourth-order valence-corrected chi connectivity index (χ4v) is 2.30. The lowest BCUT2D eigenvalue weighted by molar-refractivity contribution is 0.0953. The van der Waals surface area contributed by atoms with E-state index in [1.165, 1.54) is 0 Å². The van der Waals surface area contributed by atoms with Crippen molar-refractivity contribution in [2.75, 3.05) is 12.4 Å². The molecule has 1 heterocycles. The van der Waals surface area contributed by atoms with E-state index in [9.17, 15) is 4.79 Å². The molecule has 0 unspecified atom stereocenters. The van der Waals surface area contributed by atoms with Crippen molar-refractivity contribution in [3.05, 3.63) is 21.9 Å². The number of halogens is 1. The molecular weight excluding hydrogens is 230 g/mol. The number of nitrogens with one attached hydrogen (secondary N) is 1. The fraction of sp³-hybridized carbons (Fsp3) is 0.545. The van der Waals surface area contributed by atoms with Crippen molar-refractivity contribution in [3.63, 3.8) is 0 Å². The van der Waals surface area contributed by atoms with E-state index in [1.807, 2.05) is 17.7 Å². The highest BCUT2D eigenvalue weighted by atomic mass is 35.5. The molecule has 1 aromatic rings. The summed E-state index contributed by atoms with van der Waals surface area (Å²) in [5, 5.41) is 6.79. The van der Waals surface area contributed by atoms with Crippen LogP contribution in [0.2, 0.25) is 0 Å². The maximum atomic E-state index is 11.6. The van der Waals surface area contributed by atoms with E-state index >= 15 is 0 Å². The van der Waals surface area contributed by atoms with Crippen LogP contribution in [-0.2, 0) is 0 Å². The Kier molecular flexibility index (Phi) is 5.73. The molecule has 0 saturated carbocycles. The lowest BCUT2D eigenvalue weighted by Crippen LogP contribution is -2.24. The number of aryl methyl sites for hydroxylation is 1. The highest BCUT2D eigenvalue weighted by Crippen LogP contribution is 2.13. The average Bonchev–Trinajstić information content (AvgIpc) is 2.64. The van der Waals surface area contributed by atoms with Gasteiger partial charge in [-0.25, -0.2) is 0 Å². The monoisotopic (exact) mass is 245 g/mol. The molecule has 1 aromatic heterocycles. The summed E-state index contributed by atoms with van der Waals surface area (Å²) < 4.78 is 0. The third-order valence-electron chi connectivity index (χ3n) is 2.20. The molecule has 0 aliphatic rings. The van der Waals surface area contributed by atoms with Crippen LogP contribution in [0.25, 0.3) is 0 Å². The minimum atomic E-state index is 0.0413. The molecule has 0 bridgehead atoms. The van der Waals surface area contributed by atoms with Crippen LogP contribution in [-0.4, -0.2) is 18.3 Å². The molecular formula is C11H16ClNOS. The summed E-state index contributed by atoms with van der Waals surface area (Å²) in [6.07, 6.45) is 3.10. The number of unbranched alkanes of at least 4 members (excludes halogenated alkanes) is 2. The van der Waals surface area contributed by atoms with Crippen LogP contribution in [0, 0.1) is 6.92 Å². The van der Waals surface area contributed by atoms with Gasteiger partial charge in [0.2, 0.25) is 0 Å². The minimum absolute atomic E-state index is 0.0413. The summed E-state index contributed by atoms with van der Waals surface area (Å²) >= 11 is 7.12. The largest absolute Gasteiger partial charge is 0.352 e. The molecule has 2 nitrogen and oxygen atoms in total. The molecule has 1 rings (SSSR count). The topological polar surface area (TPSA) is 29.1 Å². The second-order valence-electron chi connectivity index (χ2n) is 3.47. The number of rotatable bonds is 6. The number of alkyl halides is 1. The molecule has 0 spiro atoms. The zero-order valence-electron chi connectivity index (χ0n) is 8.88. The molecule has 0 atom stereocenters. The normalized spacial score (nSPS) is 10.3. The van der Waals surface area contributed by atoms with Gasteiger partial charge in [-0.1, -0.05) is 6.42 Å². The van der Waals surface area contributed by atoms with Crippen LogP contribution in [0.15, 0.2) is 10.8 Å². The molecule has 1 amide bonds. The van der Waals surface area contributed by atoms with Crippen molar-refractivity contribution < 1.29 is 4.79 Å². The van der Waals surface area contributed by atoms with E-state index in [-0.39, 0.29) is 5.91 Å². The van der Waals surface area contributed by atoms with Crippen LogP contribution < -0.4 is 5.32 Å². The van der Waals surface area contributed by atoms with E-state index in [1.54, 1.807) is 11.3 Å². The Morgan fingerprint density at radius 3 is 2.80 bits per heavy atom. The summed E-state index contributed by atoms with van der Waals surface area (Å²) in [5.41, 5.74) is 1.86. The van der Waals surface area contributed by atoms with Gasteiger partial charge < -0.3 is 5.32 Å². The highest BCUT2D eigenvalue weighted by Gasteiger charge is 2.08. The summed E-state index contributed by atoms with van der Waals surface area (Å²) in [6.45, 7) is 2.70. The number of carbonyl (C=O) groups is 1. The van der Waals surface area contributed by atoms with Crippen LogP contribution in [0.3, 0.4) is 0 Å². The van der Waals surface area contributed by atoms with E-state index in [2.05, 4.69) is 5.32 Å². The third-order valence-corrected chi connectivity index (χ3v) is 3.32. The quantitative estimate of drug-likeness (QED) is 0.605. The molecule has 0 saturated heterocycles. The van der Waals surface area contributed by atoms with Crippen molar-refractivity contribution >= 4 is 28.8 Å². The van der Waals surface area contributed by atoms with Gasteiger partial charge in [0, 0.05) is 17.8 Å². The van der Waals surface area contributed by atoms with Crippen molar-refractivity contribution in [1.29, 1.82) is 0 Å². The van der Waals surface area contributed by atoms with Gasteiger partial charge in [0.05, 0.1) is 5.56 Å². The highest BCUT2D eigenvalue weighted by molar-refractivity contribution is 7.08. The Bertz CT molecular complexity index is 311. The first-order valence-electron chi connectivity index (χ1n) is 5.12. The third kappa shape index (κ3) is 4.22. The van der Waals surface area contributed by atoms with E-state index in [4.69, 9.17) is 11.6 Å². The molecule has 0 fully saturated rings. The van der Waals surface area contributed by atoms with Gasteiger partial charge in [0.25, 0.3) is 5.91 Å². The molecule has 1 N–H and O–H groups in total. The van der Waals surface area contributed by atoms with E-state index in [0.717, 1.165) is 36.9 Å². The molecule has 15 heavy (non-hydrogen) atoms. The maximum Gasteiger partial charge on any atom is 0.252 e. The van der Waals surface area contributed by atoms with Gasteiger partial charge in [-0.15, -0.1) is 11.6 Å². The molecule has 0 aliphatic heterocycles. The lowest BCUT2D eigenvalue weighted by atomic mass is 10.2. The SMILES string of the molecule is Cc1cscc1C(=O)NCCCCCCl. The van der Waals surface area contributed by atoms with Crippen molar-refractivity contribution in [2.24, 2.45) is 0 Å². The smallest absolute Gasteiger partial charge is 0.252 e. The van der Waals surface area contributed by atoms with E-state index in [0.29, 0.717) is 5.88 Å². The zero-order valence-corrected chi connectivity index (χ0v) is 10.5. The first-order valence-corrected chi connectivity index (χ1v) is 6.60. The maximum absolute atomic E-state index is 11.6. The van der Waals surface area contributed by atoms with Gasteiger partial charge >= 0.3 is 0 Å². The van der Waals surface area contributed by atoms with Crippen LogP contribution in [0.1, 0.15) is 35.2 Å². The minimum Gasteiger partial charge on any atom is -0.352 e. The van der Waals surface area contributed by atoms with Crippen molar-refractivity contribution in [1.82, 2.24) is 5.32 Å². The Morgan fingerprint density at radius 1 is 1.40 bits per heavy atom. The van der Waals surface area contributed by atoms with Crippen molar-refractivity contribution in [2.45, 2.75) is 26.2 Å². The predicted molar refractivity (Wildman–Crippen MR) is 66.0 cm³/mol. The van der Waals surface area contributed by atoms with Crippen LogP contribution in [0.4, 0.5) is 0 Å². The Labute approximate surface area is 99.6 Å². The van der Waals surface area contributed by atoms with Crippen LogP contribution >= 0.6 is 22.9 Å². The first kappa shape index (κ1) is 12.5. The summed E-state index contributed by atoms with van der Waals surface area (Å²) in [7, 11) is 0. The van der Waals surface area contributed by atoms with Gasteiger partial charge in [0.1, 0.15) is 0 Å². The van der Waals surface area contributed by atoms with Gasteiger partial charge in [-0.05, 0) is 30.7 Å². The van der Waals surface area contributed by atoms with Crippen LogP contribution in [0.5, 0.6) is 0 Å². The Hall–Kier alpha value is -0.540. The summed E-state index contributed by atoms with van der Waals surface area (Å²) in [6, 6.07) is 0. The van der Waals surface area contributed by atoms with Crippen molar-refractivity contribution in [3.8, 4) is 0 Å². The predicted octanol–water partition coefficient (Wildman–Crippen LogP) is 3.20. The molecule has 0 aliphatic carbocycles. The second kappa shape index (κ2) is 6.85. The number of hydrogen-bond donors (Lipinski definition) is 1. The Balaban J connectivity index is 2.22. The van der Waals surface area contributed by atoms with E-state index < -0.39 is 0 Å². The second-order valence-corrected chi connectivity index (χ2v) is 4.60. The van der Waals surface area contributed by atoms with Gasteiger partial charge in [0.15, 0.2) is 0 Å².